The molecule has 0 saturated carbocycles. The van der Waals surface area contributed by atoms with E-state index in [-0.39, 0.29) is 23.9 Å². The fourth-order valence-corrected chi connectivity index (χ4v) is 4.34. The van der Waals surface area contributed by atoms with Crippen LogP contribution >= 0.6 is 0 Å². The number of carbonyl (C=O) groups excluding carboxylic acids is 3. The largest absolute Gasteiger partial charge is 0.497 e. The molecule has 4 N–H and O–H groups in total. The SMILES string of the molecule is CCOC(=O)C(=O)N1CCC(CNc2nc(Nc3cc(OC)cc(OC)c3)c(C(N)=O)c3nccn23)CC1. The zero-order chi connectivity index (χ0) is 27.2. The number of anilines is 3. The predicted molar refractivity (Wildman–Crippen MR) is 139 cm³/mol. The van der Waals surface area contributed by atoms with Crippen molar-refractivity contribution >= 4 is 40.9 Å². The Morgan fingerprint density at radius 1 is 1.11 bits per heavy atom. The second kappa shape index (κ2) is 11.7. The number of rotatable bonds is 9. The van der Waals surface area contributed by atoms with Crippen LogP contribution in [0.2, 0.25) is 0 Å². The summed E-state index contributed by atoms with van der Waals surface area (Å²) in [5.41, 5.74) is 6.78. The molecule has 0 unspecified atom stereocenters. The number of amides is 2. The van der Waals surface area contributed by atoms with Crippen molar-refractivity contribution in [2.75, 3.05) is 51.1 Å². The first-order valence-electron chi connectivity index (χ1n) is 12.2. The molecule has 1 fully saturated rings. The average Bonchev–Trinajstić information content (AvgIpc) is 3.41. The molecule has 0 atom stereocenters. The molecule has 2 amide bonds. The van der Waals surface area contributed by atoms with Crippen molar-refractivity contribution in [3.05, 3.63) is 36.2 Å². The Kier molecular flexibility index (Phi) is 8.14. The van der Waals surface area contributed by atoms with Gasteiger partial charge < -0.3 is 35.5 Å². The predicted octanol–water partition coefficient (Wildman–Crippen LogP) is 1.80. The molecule has 1 aromatic carbocycles. The highest BCUT2D eigenvalue weighted by Crippen LogP contribution is 2.30. The summed E-state index contributed by atoms with van der Waals surface area (Å²) in [6.45, 7) is 3.31. The Hall–Kier alpha value is -4.55. The lowest BCUT2D eigenvalue weighted by atomic mass is 9.97. The van der Waals surface area contributed by atoms with E-state index in [1.807, 2.05) is 0 Å². The number of nitrogens with one attached hydrogen (secondary N) is 2. The number of nitrogens with two attached hydrogens (primary N) is 1. The van der Waals surface area contributed by atoms with Gasteiger partial charge >= 0.3 is 11.9 Å². The molecular formula is C25H31N7O6. The summed E-state index contributed by atoms with van der Waals surface area (Å²) in [4.78, 5) is 46.9. The molecule has 13 nitrogen and oxygen atoms in total. The molecule has 0 aliphatic carbocycles. The molecule has 13 heteroatoms. The number of methoxy groups -OCH3 is 2. The van der Waals surface area contributed by atoms with Crippen LogP contribution in [0, 0.1) is 5.92 Å². The first-order chi connectivity index (χ1) is 18.3. The van der Waals surface area contributed by atoms with Crippen molar-refractivity contribution in [3.63, 3.8) is 0 Å². The molecule has 202 valence electrons. The molecule has 4 rings (SSSR count). The van der Waals surface area contributed by atoms with E-state index >= 15 is 0 Å². The van der Waals surface area contributed by atoms with Gasteiger partial charge in [0.15, 0.2) is 11.5 Å². The van der Waals surface area contributed by atoms with Crippen molar-refractivity contribution in [2.24, 2.45) is 11.7 Å². The lowest BCUT2D eigenvalue weighted by Gasteiger charge is -2.31. The van der Waals surface area contributed by atoms with Gasteiger partial charge in [-0.15, -0.1) is 0 Å². The fourth-order valence-electron chi connectivity index (χ4n) is 4.34. The number of fused-ring (bicyclic) bond motifs is 1. The van der Waals surface area contributed by atoms with E-state index < -0.39 is 17.8 Å². The van der Waals surface area contributed by atoms with Gasteiger partial charge in [-0.1, -0.05) is 0 Å². The third-order valence-corrected chi connectivity index (χ3v) is 6.31. The van der Waals surface area contributed by atoms with E-state index in [0.29, 0.717) is 61.3 Å². The summed E-state index contributed by atoms with van der Waals surface area (Å²) in [6, 6.07) is 5.20. The molecule has 2 aromatic heterocycles. The van der Waals surface area contributed by atoms with Gasteiger partial charge in [-0.2, -0.15) is 4.98 Å². The smallest absolute Gasteiger partial charge is 0.397 e. The van der Waals surface area contributed by atoms with Crippen LogP contribution in [0.4, 0.5) is 17.5 Å². The number of hydrogen-bond donors (Lipinski definition) is 3. The van der Waals surface area contributed by atoms with Crippen LogP contribution in [0.3, 0.4) is 0 Å². The van der Waals surface area contributed by atoms with Crippen LogP contribution in [-0.2, 0) is 14.3 Å². The maximum absolute atomic E-state index is 12.4. The number of likely N-dealkylation sites (tertiary alicyclic amines) is 1. The van der Waals surface area contributed by atoms with Crippen molar-refractivity contribution < 1.29 is 28.6 Å². The van der Waals surface area contributed by atoms with Gasteiger partial charge in [0.1, 0.15) is 17.1 Å². The van der Waals surface area contributed by atoms with Crippen molar-refractivity contribution in [1.29, 1.82) is 0 Å². The lowest BCUT2D eigenvalue weighted by Crippen LogP contribution is -2.43. The van der Waals surface area contributed by atoms with Gasteiger partial charge in [0.25, 0.3) is 5.91 Å². The van der Waals surface area contributed by atoms with Gasteiger partial charge in [0.05, 0.1) is 20.8 Å². The normalized spacial score (nSPS) is 13.7. The number of nitrogens with zero attached hydrogens (tertiary/aromatic N) is 4. The molecule has 0 radical (unpaired) electrons. The Morgan fingerprint density at radius 2 is 1.79 bits per heavy atom. The number of hydrogen-bond acceptors (Lipinski definition) is 10. The van der Waals surface area contributed by atoms with Crippen LogP contribution < -0.4 is 25.8 Å². The number of esters is 1. The van der Waals surface area contributed by atoms with Crippen LogP contribution in [0.25, 0.3) is 5.65 Å². The number of benzene rings is 1. The third-order valence-electron chi connectivity index (χ3n) is 6.31. The highest BCUT2D eigenvalue weighted by molar-refractivity contribution is 6.32. The summed E-state index contributed by atoms with van der Waals surface area (Å²) < 4.78 is 17.2. The van der Waals surface area contributed by atoms with Gasteiger partial charge in [-0.25, -0.2) is 9.78 Å². The van der Waals surface area contributed by atoms with Crippen LogP contribution in [0.15, 0.2) is 30.6 Å². The zero-order valence-electron chi connectivity index (χ0n) is 21.5. The summed E-state index contributed by atoms with van der Waals surface area (Å²) in [7, 11) is 3.09. The fraction of sp³-hybridized carbons (Fsp3) is 0.400. The molecule has 1 saturated heterocycles. The minimum absolute atomic E-state index is 0.133. The molecule has 3 aromatic rings. The maximum Gasteiger partial charge on any atom is 0.397 e. The average molecular weight is 526 g/mol. The highest BCUT2D eigenvalue weighted by Gasteiger charge is 2.28. The summed E-state index contributed by atoms with van der Waals surface area (Å²) in [5, 5.41) is 6.49. The van der Waals surface area contributed by atoms with Crippen molar-refractivity contribution in [1.82, 2.24) is 19.3 Å². The molecule has 38 heavy (non-hydrogen) atoms. The maximum atomic E-state index is 12.4. The van der Waals surface area contributed by atoms with Crippen molar-refractivity contribution in [2.45, 2.75) is 19.8 Å². The Labute approximate surface area is 219 Å². The van der Waals surface area contributed by atoms with Gasteiger partial charge in [-0.3, -0.25) is 14.0 Å². The summed E-state index contributed by atoms with van der Waals surface area (Å²) in [6.07, 6.45) is 4.67. The number of piperidine rings is 1. The van der Waals surface area contributed by atoms with E-state index in [1.165, 1.54) is 4.90 Å². The van der Waals surface area contributed by atoms with Crippen LogP contribution in [0.5, 0.6) is 11.5 Å². The van der Waals surface area contributed by atoms with Gasteiger partial charge in [0.2, 0.25) is 5.95 Å². The summed E-state index contributed by atoms with van der Waals surface area (Å²) >= 11 is 0. The van der Waals surface area contributed by atoms with Gasteiger partial charge in [0, 0.05) is 55.9 Å². The van der Waals surface area contributed by atoms with Gasteiger partial charge in [-0.05, 0) is 25.7 Å². The molecule has 3 heterocycles. The monoisotopic (exact) mass is 525 g/mol. The molecule has 0 spiro atoms. The quantitative estimate of drug-likeness (QED) is 0.277. The summed E-state index contributed by atoms with van der Waals surface area (Å²) in [5.74, 6) is -0.0755. The molecule has 1 aliphatic rings. The number of imidazole rings is 1. The Morgan fingerprint density at radius 3 is 2.39 bits per heavy atom. The minimum atomic E-state index is -0.820. The van der Waals surface area contributed by atoms with E-state index in [2.05, 4.69) is 20.6 Å². The van der Waals surface area contributed by atoms with E-state index in [0.717, 1.165) is 0 Å². The lowest BCUT2D eigenvalue weighted by molar-refractivity contribution is -0.160. The highest BCUT2D eigenvalue weighted by atomic mass is 16.5. The molecular weight excluding hydrogens is 494 g/mol. The van der Waals surface area contributed by atoms with Crippen LogP contribution in [-0.4, -0.2) is 77.5 Å². The zero-order valence-corrected chi connectivity index (χ0v) is 21.5. The first-order valence-corrected chi connectivity index (χ1v) is 12.2. The van der Waals surface area contributed by atoms with E-state index in [9.17, 15) is 14.4 Å². The second-order valence-corrected chi connectivity index (χ2v) is 8.71. The number of primary amides is 1. The minimum Gasteiger partial charge on any atom is -0.497 e. The topological polar surface area (TPSA) is 162 Å². The second-order valence-electron chi connectivity index (χ2n) is 8.71. The van der Waals surface area contributed by atoms with E-state index in [1.54, 1.807) is 56.1 Å². The molecule has 0 bridgehead atoms. The number of ether oxygens (including phenoxy) is 3. The standard InChI is InChI=1S/C25H31N7O6/c1-4-38-24(35)23(34)31-8-5-15(6-9-31)14-28-25-30-21(19(20(26)33)22-27-7-10-32(22)25)29-16-11-17(36-2)13-18(12-16)37-3/h7,10-13,15,29H,4-6,8-9,14H2,1-3H3,(H2,26,33)(H,28,30). The number of aromatic nitrogens is 3. The third kappa shape index (κ3) is 5.71. The Bertz CT molecular complexity index is 1310. The first kappa shape index (κ1) is 26.5. The van der Waals surface area contributed by atoms with Crippen LogP contribution in [0.1, 0.15) is 30.1 Å². The Balaban J connectivity index is 1.53. The number of carbonyl (C=O) groups is 3. The molecule has 1 aliphatic heterocycles. The van der Waals surface area contributed by atoms with E-state index in [4.69, 9.17) is 19.9 Å². The van der Waals surface area contributed by atoms with Crippen molar-refractivity contribution in [3.8, 4) is 11.5 Å².